The molecule has 4 N–H and O–H groups in total. The predicted molar refractivity (Wildman–Crippen MR) is 72.9 cm³/mol. The second-order valence-electron chi connectivity index (χ2n) is 4.35. The first-order valence-corrected chi connectivity index (χ1v) is 7.33. The van der Waals surface area contributed by atoms with Gasteiger partial charge < -0.3 is 25.0 Å². The fraction of sp³-hybridized carbons (Fsp3) is 0.700. The van der Waals surface area contributed by atoms with Gasteiger partial charge in [0.2, 0.25) is 0 Å². The van der Waals surface area contributed by atoms with E-state index in [2.05, 4.69) is 12.6 Å². The summed E-state index contributed by atoms with van der Waals surface area (Å²) in [5.74, 6) is -7.01. The zero-order valence-electron chi connectivity index (χ0n) is 10.4. The molecule has 116 valence electrons. The van der Waals surface area contributed by atoms with Gasteiger partial charge in [-0.25, -0.2) is 0 Å². The van der Waals surface area contributed by atoms with Gasteiger partial charge in [-0.15, -0.1) is 0 Å². The minimum atomic E-state index is -2.24. The Kier molecular flexibility index (Phi) is 7.85. The molecule has 10 heteroatoms. The van der Waals surface area contributed by atoms with Crippen LogP contribution in [0.2, 0.25) is 0 Å². The fourth-order valence-corrected chi connectivity index (χ4v) is 2.89. The van der Waals surface area contributed by atoms with Crippen molar-refractivity contribution in [1.82, 2.24) is 0 Å². The van der Waals surface area contributed by atoms with Crippen LogP contribution in [-0.4, -0.2) is 49.4 Å². The SMILES string of the molecule is O=[PH2]C(O)(CC(CS)C(=O)O)C(CCC(=O)O)C(=O)O. The summed E-state index contributed by atoms with van der Waals surface area (Å²) in [6.45, 7) is 0. The summed E-state index contributed by atoms with van der Waals surface area (Å²) in [6.07, 6.45) is -1.52. The minimum absolute atomic E-state index is 0.164. The second-order valence-corrected chi connectivity index (χ2v) is 5.95. The van der Waals surface area contributed by atoms with E-state index in [9.17, 15) is 24.1 Å². The van der Waals surface area contributed by atoms with Crippen molar-refractivity contribution in [3.8, 4) is 0 Å². The van der Waals surface area contributed by atoms with Gasteiger partial charge in [-0.1, -0.05) is 0 Å². The maximum Gasteiger partial charge on any atom is 0.309 e. The van der Waals surface area contributed by atoms with E-state index in [1.54, 1.807) is 0 Å². The lowest BCUT2D eigenvalue weighted by Crippen LogP contribution is -2.41. The molecule has 0 amide bonds. The molecule has 0 saturated carbocycles. The van der Waals surface area contributed by atoms with Crippen LogP contribution in [0.3, 0.4) is 0 Å². The zero-order valence-corrected chi connectivity index (χ0v) is 12.5. The number of aliphatic carboxylic acids is 3. The largest absolute Gasteiger partial charge is 0.481 e. The van der Waals surface area contributed by atoms with Crippen LogP contribution in [0, 0.1) is 11.8 Å². The van der Waals surface area contributed by atoms with Gasteiger partial charge in [-0.2, -0.15) is 12.6 Å². The van der Waals surface area contributed by atoms with E-state index >= 15 is 0 Å². The highest BCUT2D eigenvalue weighted by atomic mass is 32.1. The summed E-state index contributed by atoms with van der Waals surface area (Å²) in [4.78, 5) is 32.5. The molecular weight excluding hydrogens is 311 g/mol. The summed E-state index contributed by atoms with van der Waals surface area (Å²) in [5, 5.41) is 34.4. The van der Waals surface area contributed by atoms with Gasteiger partial charge in [0.1, 0.15) is 5.34 Å². The van der Waals surface area contributed by atoms with E-state index in [1.807, 2.05) is 0 Å². The van der Waals surface area contributed by atoms with Crippen molar-refractivity contribution in [2.75, 3.05) is 5.75 Å². The Morgan fingerprint density at radius 2 is 1.70 bits per heavy atom. The summed E-state index contributed by atoms with van der Waals surface area (Å²) < 4.78 is 11.2. The molecule has 0 fully saturated rings. The van der Waals surface area contributed by atoms with Crippen molar-refractivity contribution in [3.05, 3.63) is 0 Å². The Morgan fingerprint density at radius 3 is 2.00 bits per heavy atom. The fourth-order valence-electron chi connectivity index (χ4n) is 1.75. The van der Waals surface area contributed by atoms with E-state index in [1.165, 1.54) is 0 Å². The highest BCUT2D eigenvalue weighted by Gasteiger charge is 2.43. The quantitative estimate of drug-likeness (QED) is 0.278. The standard InChI is InChI=1S/C10H17O8PS/c11-7(12)2-1-6(9(15)16)10(17,19-18)3-5(4-20)8(13)14/h5-6,17,20H,1-4,19H2,(H,11,12)(H,13,14)(H,15,16). The Balaban J connectivity index is 5.20. The summed E-state index contributed by atoms with van der Waals surface area (Å²) >= 11 is 3.78. The summed E-state index contributed by atoms with van der Waals surface area (Å²) in [7, 11) is -2.03. The number of hydrogen-bond acceptors (Lipinski definition) is 6. The number of carboxylic acid groups (broad SMARTS) is 3. The molecule has 0 heterocycles. The first-order valence-electron chi connectivity index (χ1n) is 5.65. The average molecular weight is 328 g/mol. The van der Waals surface area contributed by atoms with Crippen LogP contribution in [-0.2, 0) is 18.9 Å². The topological polar surface area (TPSA) is 149 Å². The van der Waals surface area contributed by atoms with E-state index in [-0.39, 0.29) is 5.75 Å². The van der Waals surface area contributed by atoms with E-state index in [4.69, 9.17) is 15.3 Å². The van der Waals surface area contributed by atoms with Crippen LogP contribution in [0.1, 0.15) is 19.3 Å². The molecule has 0 spiro atoms. The normalized spacial score (nSPS) is 17.5. The van der Waals surface area contributed by atoms with Crippen LogP contribution in [0.15, 0.2) is 0 Å². The molecule has 0 aromatic heterocycles. The number of carboxylic acids is 3. The van der Waals surface area contributed by atoms with Gasteiger partial charge in [0.05, 0.1) is 20.3 Å². The molecule has 0 aliphatic heterocycles. The Labute approximate surface area is 121 Å². The Bertz CT molecular complexity index is 401. The minimum Gasteiger partial charge on any atom is -0.481 e. The van der Waals surface area contributed by atoms with E-state index in [0.29, 0.717) is 0 Å². The highest BCUT2D eigenvalue weighted by Crippen LogP contribution is 2.38. The molecular formula is C10H17O8PS. The first-order chi connectivity index (χ1) is 9.17. The van der Waals surface area contributed by atoms with Gasteiger partial charge in [-0.3, -0.25) is 14.4 Å². The average Bonchev–Trinajstić information content (AvgIpc) is 2.34. The van der Waals surface area contributed by atoms with Crippen LogP contribution in [0.4, 0.5) is 0 Å². The molecule has 20 heavy (non-hydrogen) atoms. The first kappa shape index (κ1) is 18.9. The Morgan fingerprint density at radius 1 is 1.15 bits per heavy atom. The molecule has 0 aliphatic carbocycles. The highest BCUT2D eigenvalue weighted by molar-refractivity contribution is 7.80. The van der Waals surface area contributed by atoms with Crippen LogP contribution in [0.25, 0.3) is 0 Å². The maximum absolute atomic E-state index is 11.2. The van der Waals surface area contributed by atoms with Crippen LogP contribution in [0.5, 0.6) is 0 Å². The molecule has 0 saturated heterocycles. The van der Waals surface area contributed by atoms with Crippen LogP contribution < -0.4 is 0 Å². The number of thiol groups is 1. The molecule has 0 rings (SSSR count). The molecule has 0 aromatic carbocycles. The van der Waals surface area contributed by atoms with Gasteiger partial charge in [-0.05, 0) is 12.8 Å². The van der Waals surface area contributed by atoms with Gasteiger partial charge in [0.25, 0.3) is 0 Å². The third-order valence-corrected chi connectivity index (χ3v) is 4.38. The number of aliphatic hydroxyl groups is 1. The Hall–Kier alpha value is -1.05. The van der Waals surface area contributed by atoms with E-state index in [0.717, 1.165) is 0 Å². The van der Waals surface area contributed by atoms with Crippen molar-refractivity contribution in [2.24, 2.45) is 11.8 Å². The third kappa shape index (κ3) is 5.52. The predicted octanol–water partition coefficient (Wildman–Crippen LogP) is 0.0176. The lowest BCUT2D eigenvalue weighted by atomic mass is 9.89. The van der Waals surface area contributed by atoms with Crippen molar-refractivity contribution in [2.45, 2.75) is 24.6 Å². The van der Waals surface area contributed by atoms with Crippen molar-refractivity contribution < 1.29 is 39.4 Å². The zero-order chi connectivity index (χ0) is 15.9. The number of carbonyl (C=O) groups is 3. The third-order valence-electron chi connectivity index (χ3n) is 2.90. The van der Waals surface area contributed by atoms with Crippen molar-refractivity contribution in [3.63, 3.8) is 0 Å². The lowest BCUT2D eigenvalue weighted by molar-refractivity contribution is -0.152. The molecule has 4 atom stereocenters. The molecule has 0 radical (unpaired) electrons. The van der Waals surface area contributed by atoms with Crippen molar-refractivity contribution in [1.29, 1.82) is 0 Å². The summed E-state index contributed by atoms with van der Waals surface area (Å²) in [5.41, 5.74) is 0. The number of rotatable bonds is 10. The van der Waals surface area contributed by atoms with Gasteiger partial charge >= 0.3 is 17.9 Å². The molecule has 0 aliphatic rings. The molecule has 0 bridgehead atoms. The second kappa shape index (κ2) is 8.28. The lowest BCUT2D eigenvalue weighted by Gasteiger charge is -2.30. The number of hydrogen-bond donors (Lipinski definition) is 5. The molecule has 0 aromatic rings. The van der Waals surface area contributed by atoms with Gasteiger partial charge in [0, 0.05) is 12.2 Å². The van der Waals surface area contributed by atoms with E-state index < -0.39 is 62.8 Å². The summed E-state index contributed by atoms with van der Waals surface area (Å²) in [6, 6.07) is 0. The smallest absolute Gasteiger partial charge is 0.309 e. The van der Waals surface area contributed by atoms with Gasteiger partial charge in [0.15, 0.2) is 0 Å². The van der Waals surface area contributed by atoms with Crippen molar-refractivity contribution >= 4 is 39.0 Å². The maximum atomic E-state index is 11.2. The monoisotopic (exact) mass is 328 g/mol. The molecule has 8 nitrogen and oxygen atoms in total. The molecule has 4 unspecified atom stereocenters. The van der Waals surface area contributed by atoms with Crippen LogP contribution >= 0.6 is 21.1 Å².